The Morgan fingerprint density at radius 3 is 2.71 bits per heavy atom. The third-order valence-corrected chi connectivity index (χ3v) is 5.77. The lowest BCUT2D eigenvalue weighted by Gasteiger charge is -2.20. The summed E-state index contributed by atoms with van der Waals surface area (Å²) in [5.41, 5.74) is 1.05. The van der Waals surface area contributed by atoms with Gasteiger partial charge in [0.1, 0.15) is 0 Å². The van der Waals surface area contributed by atoms with E-state index in [4.69, 9.17) is 10.00 Å². The third-order valence-electron chi connectivity index (χ3n) is 4.12. The lowest BCUT2D eigenvalue weighted by atomic mass is 10.1. The van der Waals surface area contributed by atoms with Crippen molar-refractivity contribution in [1.29, 1.82) is 5.26 Å². The van der Waals surface area contributed by atoms with Gasteiger partial charge in [-0.3, -0.25) is 0 Å². The molecule has 21 heavy (non-hydrogen) atoms. The summed E-state index contributed by atoms with van der Waals surface area (Å²) in [6.45, 7) is 2.32. The van der Waals surface area contributed by atoms with Crippen molar-refractivity contribution in [2.75, 3.05) is 6.61 Å². The largest absolute Gasteiger partial charge is 0.376 e. The third kappa shape index (κ3) is 2.95. The van der Waals surface area contributed by atoms with Crippen molar-refractivity contribution in [3.63, 3.8) is 0 Å². The maximum Gasteiger partial charge on any atom is 0.241 e. The molecule has 3 rings (SSSR count). The molecule has 0 spiro atoms. The van der Waals surface area contributed by atoms with Crippen LogP contribution in [0.3, 0.4) is 0 Å². The molecule has 6 heteroatoms. The fourth-order valence-corrected chi connectivity index (χ4v) is 4.42. The summed E-state index contributed by atoms with van der Waals surface area (Å²) in [6.07, 6.45) is 2.98. The van der Waals surface area contributed by atoms with Gasteiger partial charge in [-0.15, -0.1) is 0 Å². The first kappa shape index (κ1) is 14.5. The summed E-state index contributed by atoms with van der Waals surface area (Å²) in [5, 5.41) is 8.86. The van der Waals surface area contributed by atoms with Crippen molar-refractivity contribution in [2.45, 2.75) is 43.2 Å². The Morgan fingerprint density at radius 1 is 1.33 bits per heavy atom. The molecule has 1 saturated carbocycles. The minimum absolute atomic E-state index is 0.0125. The molecule has 2 fully saturated rings. The first-order valence-corrected chi connectivity index (χ1v) is 8.64. The van der Waals surface area contributed by atoms with Gasteiger partial charge in [-0.25, -0.2) is 13.1 Å². The van der Waals surface area contributed by atoms with Gasteiger partial charge in [0.15, 0.2) is 0 Å². The maximum absolute atomic E-state index is 12.5. The first-order chi connectivity index (χ1) is 10.0. The summed E-state index contributed by atoms with van der Waals surface area (Å²) in [6, 6.07) is 6.50. The van der Waals surface area contributed by atoms with E-state index in [9.17, 15) is 8.42 Å². The highest BCUT2D eigenvalue weighted by Crippen LogP contribution is 2.39. The van der Waals surface area contributed by atoms with E-state index in [0.29, 0.717) is 23.7 Å². The molecule has 0 aromatic heterocycles. The molecular weight excluding hydrogens is 288 g/mol. The lowest BCUT2D eigenvalue weighted by Crippen LogP contribution is -2.41. The Bertz CT molecular complexity index is 689. The van der Waals surface area contributed by atoms with Crippen LogP contribution in [0.25, 0.3) is 0 Å². The molecule has 1 heterocycles. The van der Waals surface area contributed by atoms with Crippen molar-refractivity contribution in [3.8, 4) is 6.07 Å². The molecule has 1 aromatic rings. The molecule has 1 aliphatic heterocycles. The highest BCUT2D eigenvalue weighted by molar-refractivity contribution is 7.89. The molecule has 0 bridgehead atoms. The van der Waals surface area contributed by atoms with E-state index in [0.717, 1.165) is 19.3 Å². The van der Waals surface area contributed by atoms with Gasteiger partial charge in [-0.05, 0) is 55.9 Å². The predicted molar refractivity (Wildman–Crippen MR) is 77.1 cm³/mol. The van der Waals surface area contributed by atoms with Crippen LogP contribution in [-0.2, 0) is 14.8 Å². The zero-order valence-electron chi connectivity index (χ0n) is 11.9. The van der Waals surface area contributed by atoms with E-state index < -0.39 is 10.0 Å². The quantitative estimate of drug-likeness (QED) is 0.918. The Hall–Kier alpha value is -1.42. The molecule has 0 radical (unpaired) electrons. The minimum atomic E-state index is -3.58. The number of aryl methyl sites for hydroxylation is 1. The van der Waals surface area contributed by atoms with Gasteiger partial charge in [0, 0.05) is 6.61 Å². The Morgan fingerprint density at radius 2 is 2.10 bits per heavy atom. The Kier molecular flexibility index (Phi) is 3.74. The molecular formula is C15H18N2O3S. The van der Waals surface area contributed by atoms with Crippen molar-refractivity contribution in [2.24, 2.45) is 5.92 Å². The van der Waals surface area contributed by atoms with E-state index in [2.05, 4.69) is 4.72 Å². The SMILES string of the molecule is Cc1cc(C#N)ccc1S(=O)(=O)NC1CCOC1C1CC1. The van der Waals surface area contributed by atoms with Gasteiger partial charge >= 0.3 is 0 Å². The van der Waals surface area contributed by atoms with Crippen LogP contribution in [0.2, 0.25) is 0 Å². The average Bonchev–Trinajstić information content (AvgIpc) is 3.19. The molecule has 2 unspecified atom stereocenters. The van der Waals surface area contributed by atoms with Gasteiger partial charge in [0.05, 0.1) is 28.7 Å². The number of benzene rings is 1. The van der Waals surface area contributed by atoms with Gasteiger partial charge < -0.3 is 4.74 Å². The Balaban J connectivity index is 1.82. The van der Waals surface area contributed by atoms with Crippen LogP contribution in [0.15, 0.2) is 23.1 Å². The van der Waals surface area contributed by atoms with E-state index in [-0.39, 0.29) is 17.0 Å². The predicted octanol–water partition coefficient (Wildman–Crippen LogP) is 1.71. The average molecular weight is 306 g/mol. The smallest absolute Gasteiger partial charge is 0.241 e. The number of hydrogen-bond acceptors (Lipinski definition) is 4. The summed E-state index contributed by atoms with van der Waals surface area (Å²) in [5.74, 6) is 0.502. The number of hydrogen-bond donors (Lipinski definition) is 1. The van der Waals surface area contributed by atoms with Crippen molar-refractivity contribution in [1.82, 2.24) is 4.72 Å². The molecule has 5 nitrogen and oxygen atoms in total. The number of sulfonamides is 1. The molecule has 1 N–H and O–H groups in total. The highest BCUT2D eigenvalue weighted by Gasteiger charge is 2.42. The van der Waals surface area contributed by atoms with Gasteiger partial charge in [0.25, 0.3) is 0 Å². The van der Waals surface area contributed by atoms with Crippen LogP contribution in [0.5, 0.6) is 0 Å². The van der Waals surface area contributed by atoms with Crippen LogP contribution in [0, 0.1) is 24.2 Å². The zero-order valence-corrected chi connectivity index (χ0v) is 12.7. The van der Waals surface area contributed by atoms with Crippen molar-refractivity contribution in [3.05, 3.63) is 29.3 Å². The standard InChI is InChI=1S/C15H18N2O3S/c1-10-8-11(9-16)2-5-14(10)21(18,19)17-13-6-7-20-15(13)12-3-4-12/h2,5,8,12-13,15,17H,3-4,6-7H2,1H3. The summed E-state index contributed by atoms with van der Waals surface area (Å²) >= 11 is 0. The number of ether oxygens (including phenoxy) is 1. The van der Waals surface area contributed by atoms with Crippen LogP contribution in [-0.4, -0.2) is 27.2 Å². The van der Waals surface area contributed by atoms with Crippen molar-refractivity contribution < 1.29 is 13.2 Å². The van der Waals surface area contributed by atoms with Crippen LogP contribution >= 0.6 is 0 Å². The molecule has 1 aromatic carbocycles. The molecule has 112 valence electrons. The molecule has 2 atom stereocenters. The summed E-state index contributed by atoms with van der Waals surface area (Å²) in [7, 11) is -3.58. The first-order valence-electron chi connectivity index (χ1n) is 7.16. The topological polar surface area (TPSA) is 79.2 Å². The van der Waals surface area contributed by atoms with E-state index >= 15 is 0 Å². The molecule has 1 saturated heterocycles. The fraction of sp³-hybridized carbons (Fsp3) is 0.533. The second-order valence-corrected chi connectivity index (χ2v) is 7.46. The van der Waals surface area contributed by atoms with Gasteiger partial charge in [-0.2, -0.15) is 5.26 Å². The molecule has 0 amide bonds. The second kappa shape index (κ2) is 5.41. The molecule has 2 aliphatic rings. The molecule has 1 aliphatic carbocycles. The number of rotatable bonds is 4. The maximum atomic E-state index is 12.5. The fourth-order valence-electron chi connectivity index (χ4n) is 2.91. The van der Waals surface area contributed by atoms with Crippen LogP contribution in [0.1, 0.15) is 30.4 Å². The number of nitrogens with zero attached hydrogens (tertiary/aromatic N) is 1. The lowest BCUT2D eigenvalue weighted by molar-refractivity contribution is 0.0848. The summed E-state index contributed by atoms with van der Waals surface area (Å²) < 4.78 is 33.5. The highest BCUT2D eigenvalue weighted by atomic mass is 32.2. The zero-order chi connectivity index (χ0) is 15.0. The van der Waals surface area contributed by atoms with Crippen LogP contribution < -0.4 is 4.72 Å². The summed E-state index contributed by atoms with van der Waals surface area (Å²) in [4.78, 5) is 0.239. The Labute approximate surface area is 125 Å². The van der Waals surface area contributed by atoms with Crippen molar-refractivity contribution >= 4 is 10.0 Å². The van der Waals surface area contributed by atoms with E-state index in [1.165, 1.54) is 12.1 Å². The van der Waals surface area contributed by atoms with Crippen LogP contribution in [0.4, 0.5) is 0 Å². The van der Waals surface area contributed by atoms with E-state index in [1.807, 2.05) is 6.07 Å². The van der Waals surface area contributed by atoms with Gasteiger partial charge in [-0.1, -0.05) is 0 Å². The van der Waals surface area contributed by atoms with Gasteiger partial charge in [0.2, 0.25) is 10.0 Å². The monoisotopic (exact) mass is 306 g/mol. The normalized spacial score (nSPS) is 25.7. The second-order valence-electron chi connectivity index (χ2n) is 5.78. The minimum Gasteiger partial charge on any atom is -0.376 e. The van der Waals surface area contributed by atoms with E-state index in [1.54, 1.807) is 13.0 Å². The number of nitrogens with one attached hydrogen (secondary N) is 1. The number of nitriles is 1.